The molecule has 5 heteroatoms. The van der Waals surface area contributed by atoms with E-state index in [-0.39, 0.29) is 6.71 Å². The fourth-order valence-electron chi connectivity index (χ4n) is 7.11. The maximum absolute atomic E-state index is 6.65. The highest BCUT2D eigenvalue weighted by Crippen LogP contribution is 2.41. The van der Waals surface area contributed by atoms with E-state index in [1.54, 1.807) is 0 Å². The van der Waals surface area contributed by atoms with Crippen molar-refractivity contribution in [3.8, 4) is 23.0 Å². The van der Waals surface area contributed by atoms with Crippen molar-refractivity contribution in [2.24, 2.45) is 0 Å². The number of nitrogens with zero attached hydrogens (tertiary/aromatic N) is 1. The van der Waals surface area contributed by atoms with Gasteiger partial charge in [-0.1, -0.05) is 72.8 Å². The fraction of sp³-hybridized carbons (Fsp3) is 0. The molecule has 0 unspecified atom stereocenters. The molecular weight excluding hydrogens is 553 g/mol. The summed E-state index contributed by atoms with van der Waals surface area (Å²) in [6, 6.07) is 50.6. The number of hydrogen-bond donors (Lipinski definition) is 0. The summed E-state index contributed by atoms with van der Waals surface area (Å²) < 4.78 is 19.7. The van der Waals surface area contributed by atoms with Gasteiger partial charge in [0.25, 0.3) is 6.71 Å². The van der Waals surface area contributed by atoms with Crippen molar-refractivity contribution < 1.29 is 13.9 Å². The van der Waals surface area contributed by atoms with E-state index in [2.05, 4.69) is 120 Å². The maximum atomic E-state index is 6.65. The van der Waals surface area contributed by atoms with Crippen molar-refractivity contribution >= 4 is 72.9 Å². The summed E-state index contributed by atoms with van der Waals surface area (Å²) in [6.45, 7) is -0.0341. The number of rotatable bonds is 3. The van der Waals surface area contributed by atoms with Gasteiger partial charge in [0.1, 0.15) is 34.2 Å². The summed E-state index contributed by atoms with van der Waals surface area (Å²) in [7, 11) is 0. The molecule has 0 spiro atoms. The number of furan rings is 1. The van der Waals surface area contributed by atoms with Gasteiger partial charge in [0.15, 0.2) is 0 Å². The minimum absolute atomic E-state index is 0.0341. The molecule has 0 radical (unpaired) electrons. The monoisotopic (exact) mass is 577 g/mol. The average Bonchev–Trinajstić information content (AvgIpc) is 3.44. The third-order valence-corrected chi connectivity index (χ3v) is 9.13. The Kier molecular flexibility index (Phi) is 5.05. The van der Waals surface area contributed by atoms with E-state index < -0.39 is 0 Å². The van der Waals surface area contributed by atoms with Gasteiger partial charge in [-0.3, -0.25) is 0 Å². The van der Waals surface area contributed by atoms with Gasteiger partial charge < -0.3 is 18.8 Å². The standard InChI is InChI=1S/C40H24BNO3/c1-3-12-27(13-4-1)42(28-14-5-2-6-15-28)29-18-19-30-31-23-39-33(24-37(31)45-36(30)22-29)41-32-20-25-10-7-8-11-26(25)21-38(32)43-34-16-9-17-35(44-39)40(34)41/h1-24H. The van der Waals surface area contributed by atoms with Crippen molar-refractivity contribution in [3.63, 3.8) is 0 Å². The zero-order valence-electron chi connectivity index (χ0n) is 24.1. The van der Waals surface area contributed by atoms with Crippen LogP contribution in [0.15, 0.2) is 150 Å². The molecule has 0 amide bonds. The molecule has 7 aromatic carbocycles. The summed E-state index contributed by atoms with van der Waals surface area (Å²) in [6.07, 6.45) is 0. The Morgan fingerprint density at radius 2 is 1.02 bits per heavy atom. The Morgan fingerprint density at radius 1 is 0.422 bits per heavy atom. The first kappa shape index (κ1) is 24.5. The SMILES string of the molecule is c1ccc(N(c2ccccc2)c2ccc3c(c2)oc2cc4c(cc23)Oc2cccc3c2B4c2cc4ccccc4cc2O3)cc1. The third-order valence-electron chi connectivity index (χ3n) is 9.13. The van der Waals surface area contributed by atoms with Crippen LogP contribution >= 0.6 is 0 Å². The molecule has 3 heterocycles. The largest absolute Gasteiger partial charge is 0.458 e. The van der Waals surface area contributed by atoms with Gasteiger partial charge in [-0.25, -0.2) is 0 Å². The second-order valence-electron chi connectivity index (χ2n) is 11.7. The molecule has 0 N–H and O–H groups in total. The molecule has 0 atom stereocenters. The van der Waals surface area contributed by atoms with E-state index in [4.69, 9.17) is 13.9 Å². The Balaban J connectivity index is 1.16. The van der Waals surface area contributed by atoms with E-state index in [0.29, 0.717) is 0 Å². The summed E-state index contributed by atoms with van der Waals surface area (Å²) in [5.74, 6) is 3.40. The first-order valence-electron chi connectivity index (χ1n) is 15.2. The van der Waals surface area contributed by atoms with E-state index in [0.717, 1.165) is 83.8 Å². The van der Waals surface area contributed by atoms with Gasteiger partial charge >= 0.3 is 0 Å². The van der Waals surface area contributed by atoms with E-state index >= 15 is 0 Å². The lowest BCUT2D eigenvalue weighted by Gasteiger charge is -2.33. The Morgan fingerprint density at radius 3 is 1.73 bits per heavy atom. The number of fused-ring (bicyclic) bond motifs is 8. The molecule has 4 nitrogen and oxygen atoms in total. The van der Waals surface area contributed by atoms with Crippen molar-refractivity contribution in [3.05, 3.63) is 146 Å². The Labute approximate surface area is 259 Å². The van der Waals surface area contributed by atoms with Crippen LogP contribution in [-0.4, -0.2) is 6.71 Å². The van der Waals surface area contributed by atoms with Crippen molar-refractivity contribution in [1.82, 2.24) is 0 Å². The number of hydrogen-bond acceptors (Lipinski definition) is 4. The lowest BCUT2D eigenvalue weighted by molar-refractivity contribution is 0.465. The lowest BCUT2D eigenvalue weighted by Crippen LogP contribution is -2.57. The van der Waals surface area contributed by atoms with Gasteiger partial charge in [-0.05, 0) is 88.4 Å². The normalized spacial score (nSPS) is 12.8. The first-order valence-corrected chi connectivity index (χ1v) is 15.2. The zero-order chi connectivity index (χ0) is 29.5. The molecule has 0 saturated heterocycles. The number of ether oxygens (including phenoxy) is 2. The van der Waals surface area contributed by atoms with Crippen molar-refractivity contribution in [1.29, 1.82) is 0 Å². The van der Waals surface area contributed by atoms with E-state index in [1.807, 2.05) is 30.3 Å². The molecule has 45 heavy (non-hydrogen) atoms. The van der Waals surface area contributed by atoms with Crippen LogP contribution in [0.5, 0.6) is 23.0 Å². The van der Waals surface area contributed by atoms with E-state index in [1.165, 1.54) is 5.39 Å². The molecule has 2 aliphatic heterocycles. The summed E-state index contributed by atoms with van der Waals surface area (Å²) in [5, 5.41) is 4.44. The molecule has 2 aliphatic rings. The van der Waals surface area contributed by atoms with Crippen LogP contribution in [0.25, 0.3) is 32.7 Å². The molecular formula is C40H24BNO3. The third kappa shape index (κ3) is 3.68. The molecule has 0 saturated carbocycles. The number of para-hydroxylation sites is 2. The van der Waals surface area contributed by atoms with Crippen molar-refractivity contribution in [2.45, 2.75) is 0 Å². The zero-order valence-corrected chi connectivity index (χ0v) is 24.1. The first-order chi connectivity index (χ1) is 22.3. The quantitative estimate of drug-likeness (QED) is 0.197. The molecule has 210 valence electrons. The van der Waals surface area contributed by atoms with Crippen LogP contribution in [0.3, 0.4) is 0 Å². The van der Waals surface area contributed by atoms with Gasteiger partial charge in [0.05, 0.1) is 0 Å². The van der Waals surface area contributed by atoms with Crippen LogP contribution < -0.4 is 30.8 Å². The smallest absolute Gasteiger partial charge is 0.260 e. The van der Waals surface area contributed by atoms with Crippen LogP contribution in [-0.2, 0) is 0 Å². The Hall–Kier alpha value is -5.94. The molecule has 10 rings (SSSR count). The minimum Gasteiger partial charge on any atom is -0.458 e. The van der Waals surface area contributed by atoms with E-state index in [9.17, 15) is 0 Å². The molecule has 0 fully saturated rings. The fourth-order valence-corrected chi connectivity index (χ4v) is 7.11. The molecule has 0 bridgehead atoms. The summed E-state index contributed by atoms with van der Waals surface area (Å²) >= 11 is 0. The van der Waals surface area contributed by atoms with Gasteiger partial charge in [0.2, 0.25) is 0 Å². The number of anilines is 3. The highest BCUT2D eigenvalue weighted by Gasteiger charge is 2.40. The second kappa shape index (κ2) is 9.28. The van der Waals surface area contributed by atoms with Gasteiger partial charge in [-0.15, -0.1) is 0 Å². The van der Waals surface area contributed by atoms with Crippen LogP contribution in [0.1, 0.15) is 0 Å². The summed E-state index contributed by atoms with van der Waals surface area (Å²) in [4.78, 5) is 2.25. The lowest BCUT2D eigenvalue weighted by atomic mass is 9.34. The predicted octanol–water partition coefficient (Wildman–Crippen LogP) is 8.94. The van der Waals surface area contributed by atoms with Gasteiger partial charge in [0, 0.05) is 39.4 Å². The minimum atomic E-state index is -0.0341. The van der Waals surface area contributed by atoms with Crippen LogP contribution in [0, 0.1) is 0 Å². The number of benzene rings is 7. The Bertz CT molecular complexity index is 2410. The van der Waals surface area contributed by atoms with Gasteiger partial charge in [-0.2, -0.15) is 0 Å². The summed E-state index contributed by atoms with van der Waals surface area (Å²) in [5.41, 5.74) is 8.15. The molecule has 8 aromatic rings. The molecule has 1 aromatic heterocycles. The average molecular weight is 577 g/mol. The highest BCUT2D eigenvalue weighted by atomic mass is 16.5. The maximum Gasteiger partial charge on any atom is 0.260 e. The topological polar surface area (TPSA) is 34.8 Å². The highest BCUT2D eigenvalue weighted by molar-refractivity contribution is 6.98. The second-order valence-corrected chi connectivity index (χ2v) is 11.7. The molecule has 0 aliphatic carbocycles. The predicted molar refractivity (Wildman–Crippen MR) is 184 cm³/mol. The van der Waals surface area contributed by atoms with Crippen LogP contribution in [0.4, 0.5) is 17.1 Å². The van der Waals surface area contributed by atoms with Crippen molar-refractivity contribution in [2.75, 3.05) is 4.90 Å². The van der Waals surface area contributed by atoms with Crippen LogP contribution in [0.2, 0.25) is 0 Å².